The highest BCUT2D eigenvalue weighted by Gasteiger charge is 2.00. The Labute approximate surface area is 87.0 Å². The molecule has 0 amide bonds. The van der Waals surface area contributed by atoms with Gasteiger partial charge in [0.2, 0.25) is 0 Å². The Morgan fingerprint density at radius 3 is 3.00 bits per heavy atom. The minimum atomic E-state index is -0.933. The zero-order valence-corrected chi connectivity index (χ0v) is 8.32. The lowest BCUT2D eigenvalue weighted by molar-refractivity contribution is -0.131. The van der Waals surface area contributed by atoms with Crippen molar-refractivity contribution in [3.05, 3.63) is 41.6 Å². The number of carboxylic acids is 1. The van der Waals surface area contributed by atoms with Crippen LogP contribution in [0.25, 0.3) is 17.0 Å². The molecule has 0 spiro atoms. The number of benzene rings is 1. The van der Waals surface area contributed by atoms with Crippen molar-refractivity contribution in [2.75, 3.05) is 0 Å². The van der Waals surface area contributed by atoms with E-state index in [1.807, 2.05) is 31.3 Å². The first-order chi connectivity index (χ1) is 7.16. The van der Waals surface area contributed by atoms with Gasteiger partial charge in [0.05, 0.1) is 0 Å². The lowest BCUT2D eigenvalue weighted by Gasteiger charge is -1.94. The molecule has 3 nitrogen and oxygen atoms in total. The molecule has 2 rings (SSSR count). The van der Waals surface area contributed by atoms with Gasteiger partial charge in [-0.1, -0.05) is 11.6 Å². The fourth-order valence-corrected chi connectivity index (χ4v) is 1.56. The van der Waals surface area contributed by atoms with E-state index in [1.54, 1.807) is 6.08 Å². The molecule has 2 aromatic rings. The highest BCUT2D eigenvalue weighted by Crippen LogP contribution is 2.20. The van der Waals surface area contributed by atoms with E-state index in [-0.39, 0.29) is 0 Å². The number of fused-ring (bicyclic) bond motifs is 1. The molecule has 0 fully saturated rings. The summed E-state index contributed by atoms with van der Waals surface area (Å²) in [5.41, 5.74) is 3.08. The third-order valence-electron chi connectivity index (χ3n) is 2.27. The van der Waals surface area contributed by atoms with Gasteiger partial charge in [0, 0.05) is 28.7 Å². The Morgan fingerprint density at radius 1 is 1.47 bits per heavy atom. The molecule has 2 N–H and O–H groups in total. The van der Waals surface area contributed by atoms with Crippen LogP contribution >= 0.6 is 0 Å². The quantitative estimate of drug-likeness (QED) is 0.734. The fourth-order valence-electron chi connectivity index (χ4n) is 1.56. The van der Waals surface area contributed by atoms with Crippen molar-refractivity contribution in [2.24, 2.45) is 0 Å². The first-order valence-electron chi connectivity index (χ1n) is 4.65. The minimum absolute atomic E-state index is 0.899. The van der Waals surface area contributed by atoms with Crippen LogP contribution in [-0.4, -0.2) is 16.1 Å². The van der Waals surface area contributed by atoms with Crippen LogP contribution < -0.4 is 0 Å². The number of aliphatic carboxylic acids is 1. The van der Waals surface area contributed by atoms with E-state index in [4.69, 9.17) is 5.11 Å². The number of carboxylic acid groups (broad SMARTS) is 1. The molecule has 76 valence electrons. The van der Waals surface area contributed by atoms with Gasteiger partial charge in [-0.2, -0.15) is 0 Å². The Kier molecular flexibility index (Phi) is 2.29. The first-order valence-corrected chi connectivity index (χ1v) is 4.65. The van der Waals surface area contributed by atoms with Crippen LogP contribution in [0.1, 0.15) is 11.1 Å². The van der Waals surface area contributed by atoms with E-state index in [2.05, 4.69) is 4.98 Å². The number of nitrogens with one attached hydrogen (secondary N) is 1. The van der Waals surface area contributed by atoms with Crippen molar-refractivity contribution in [3.8, 4) is 0 Å². The van der Waals surface area contributed by atoms with Gasteiger partial charge in [0.25, 0.3) is 0 Å². The number of rotatable bonds is 2. The average Bonchev–Trinajstić information content (AvgIpc) is 2.57. The standard InChI is InChI=1S/C12H11NO2/c1-8-2-4-11-10(6-8)9(7-13-11)3-5-12(14)15/h2-7,13H,1H3,(H,14,15). The molecule has 1 heterocycles. The molecule has 3 heteroatoms. The maximum absolute atomic E-state index is 10.4. The van der Waals surface area contributed by atoms with Crippen molar-refractivity contribution < 1.29 is 9.90 Å². The van der Waals surface area contributed by atoms with Gasteiger partial charge in [0.15, 0.2) is 0 Å². The maximum atomic E-state index is 10.4. The van der Waals surface area contributed by atoms with Gasteiger partial charge < -0.3 is 10.1 Å². The summed E-state index contributed by atoms with van der Waals surface area (Å²) in [6.45, 7) is 2.01. The van der Waals surface area contributed by atoms with E-state index >= 15 is 0 Å². The second-order valence-electron chi connectivity index (χ2n) is 3.46. The summed E-state index contributed by atoms with van der Waals surface area (Å²) >= 11 is 0. The van der Waals surface area contributed by atoms with Crippen molar-refractivity contribution in [3.63, 3.8) is 0 Å². The predicted molar refractivity (Wildman–Crippen MR) is 59.7 cm³/mol. The number of aryl methyl sites for hydroxylation is 1. The van der Waals surface area contributed by atoms with E-state index in [9.17, 15) is 4.79 Å². The van der Waals surface area contributed by atoms with Crippen LogP contribution in [-0.2, 0) is 4.79 Å². The molecule has 0 bridgehead atoms. The monoisotopic (exact) mass is 201 g/mol. The molecular weight excluding hydrogens is 190 g/mol. The minimum Gasteiger partial charge on any atom is -0.478 e. The summed E-state index contributed by atoms with van der Waals surface area (Å²) in [7, 11) is 0. The number of hydrogen-bond donors (Lipinski definition) is 2. The maximum Gasteiger partial charge on any atom is 0.328 e. The average molecular weight is 201 g/mol. The largest absolute Gasteiger partial charge is 0.478 e. The van der Waals surface area contributed by atoms with Crippen LogP contribution in [0.15, 0.2) is 30.5 Å². The van der Waals surface area contributed by atoms with Gasteiger partial charge in [-0.3, -0.25) is 0 Å². The summed E-state index contributed by atoms with van der Waals surface area (Å²) < 4.78 is 0. The van der Waals surface area contributed by atoms with E-state index in [0.29, 0.717) is 0 Å². The summed E-state index contributed by atoms with van der Waals surface area (Å²) in [6, 6.07) is 6.04. The Bertz CT molecular complexity index is 538. The summed E-state index contributed by atoms with van der Waals surface area (Å²) in [5, 5.41) is 9.59. The van der Waals surface area contributed by atoms with Gasteiger partial charge in [-0.05, 0) is 25.1 Å². The predicted octanol–water partition coefficient (Wildman–Crippen LogP) is 2.57. The zero-order chi connectivity index (χ0) is 10.8. The second-order valence-corrected chi connectivity index (χ2v) is 3.46. The number of aromatic amines is 1. The van der Waals surface area contributed by atoms with Crippen molar-refractivity contribution in [2.45, 2.75) is 6.92 Å². The van der Waals surface area contributed by atoms with Gasteiger partial charge in [-0.25, -0.2) is 4.79 Å². The molecule has 0 aliphatic rings. The van der Waals surface area contributed by atoms with Crippen molar-refractivity contribution in [1.82, 2.24) is 4.98 Å². The van der Waals surface area contributed by atoms with Gasteiger partial charge in [0.1, 0.15) is 0 Å². The van der Waals surface area contributed by atoms with Crippen molar-refractivity contribution >= 4 is 22.9 Å². The molecule has 0 atom stereocenters. The molecule has 15 heavy (non-hydrogen) atoms. The number of H-pyrrole nitrogens is 1. The lowest BCUT2D eigenvalue weighted by atomic mass is 10.1. The van der Waals surface area contributed by atoms with Crippen LogP contribution in [0, 0.1) is 6.92 Å². The third kappa shape index (κ3) is 1.91. The molecule has 0 aliphatic heterocycles. The molecule has 0 unspecified atom stereocenters. The normalized spacial score (nSPS) is 11.3. The van der Waals surface area contributed by atoms with Crippen LogP contribution in [0.2, 0.25) is 0 Å². The molecule has 0 radical (unpaired) electrons. The third-order valence-corrected chi connectivity index (χ3v) is 2.27. The molecule has 0 saturated heterocycles. The topological polar surface area (TPSA) is 53.1 Å². The van der Waals surface area contributed by atoms with Gasteiger partial charge in [-0.15, -0.1) is 0 Å². The van der Waals surface area contributed by atoms with Crippen molar-refractivity contribution in [1.29, 1.82) is 0 Å². The van der Waals surface area contributed by atoms with E-state index in [0.717, 1.165) is 28.1 Å². The highest BCUT2D eigenvalue weighted by molar-refractivity contribution is 5.93. The lowest BCUT2D eigenvalue weighted by Crippen LogP contribution is -1.85. The molecule has 1 aromatic heterocycles. The molecule has 0 saturated carbocycles. The zero-order valence-electron chi connectivity index (χ0n) is 8.32. The summed E-state index contributed by atoms with van der Waals surface area (Å²) in [4.78, 5) is 13.5. The molecule has 1 aromatic carbocycles. The fraction of sp³-hybridized carbons (Fsp3) is 0.0833. The Hall–Kier alpha value is -2.03. The second kappa shape index (κ2) is 3.61. The van der Waals surface area contributed by atoms with Crippen LogP contribution in [0.3, 0.4) is 0 Å². The SMILES string of the molecule is Cc1ccc2[nH]cc(C=CC(=O)O)c2c1. The Morgan fingerprint density at radius 2 is 2.27 bits per heavy atom. The number of aromatic nitrogens is 1. The van der Waals surface area contributed by atoms with Gasteiger partial charge >= 0.3 is 5.97 Å². The van der Waals surface area contributed by atoms with Crippen LogP contribution in [0.4, 0.5) is 0 Å². The van der Waals surface area contributed by atoms with E-state index in [1.165, 1.54) is 0 Å². The number of hydrogen-bond acceptors (Lipinski definition) is 1. The molecule has 0 aliphatic carbocycles. The highest BCUT2D eigenvalue weighted by atomic mass is 16.4. The Balaban J connectivity index is 2.52. The number of carbonyl (C=O) groups is 1. The smallest absolute Gasteiger partial charge is 0.328 e. The van der Waals surface area contributed by atoms with Crippen LogP contribution in [0.5, 0.6) is 0 Å². The van der Waals surface area contributed by atoms with E-state index < -0.39 is 5.97 Å². The summed E-state index contributed by atoms with van der Waals surface area (Å²) in [6.07, 6.45) is 4.55. The summed E-state index contributed by atoms with van der Waals surface area (Å²) in [5.74, 6) is -0.933. The molecular formula is C12H11NO2. The first kappa shape index (κ1) is 9.52.